The van der Waals surface area contributed by atoms with Crippen molar-refractivity contribution in [1.29, 1.82) is 0 Å². The molecular weight excluding hydrogens is 395 g/mol. The fraction of sp³-hybridized carbons (Fsp3) is 0.167. The van der Waals surface area contributed by atoms with Gasteiger partial charge in [0.05, 0.1) is 30.6 Å². The molecule has 4 aromatic rings. The fourth-order valence-corrected chi connectivity index (χ4v) is 4.24. The number of hydrogen-bond acceptors (Lipinski definition) is 4. The lowest BCUT2D eigenvalue weighted by Gasteiger charge is -2.27. The second-order valence-electron chi connectivity index (χ2n) is 7.63. The number of hydrogen-bond donors (Lipinski definition) is 1. The van der Waals surface area contributed by atoms with Gasteiger partial charge in [-0.05, 0) is 60.2 Å². The maximum atomic E-state index is 13.3. The standard InChI is InChI=1S/C24H21FN4O2/c1-31-20-4-2-3-15(12-20)24-21(26)13-23(30)28(24)19-9-10-22-16(11-19)14-27-29(22)18-7-5-17(25)6-8-18/h2-12,14,21,24H,13,26H2,1H3/t21-,24?/m0/s1. The smallest absolute Gasteiger partial charge is 0.229 e. The second kappa shape index (κ2) is 7.52. The van der Waals surface area contributed by atoms with E-state index in [1.165, 1.54) is 12.1 Å². The molecule has 2 heterocycles. The summed E-state index contributed by atoms with van der Waals surface area (Å²) in [4.78, 5) is 14.6. The van der Waals surface area contributed by atoms with Crippen LogP contribution in [0.1, 0.15) is 18.0 Å². The number of nitrogens with two attached hydrogens (primary N) is 1. The summed E-state index contributed by atoms with van der Waals surface area (Å²) < 4.78 is 20.4. The Morgan fingerprint density at radius 1 is 1.06 bits per heavy atom. The number of ether oxygens (including phenoxy) is 1. The van der Waals surface area contributed by atoms with Gasteiger partial charge in [0.25, 0.3) is 0 Å². The Morgan fingerprint density at radius 3 is 2.61 bits per heavy atom. The highest BCUT2D eigenvalue weighted by Crippen LogP contribution is 2.38. The van der Waals surface area contributed by atoms with E-state index in [1.54, 1.807) is 35.0 Å². The van der Waals surface area contributed by atoms with Crippen LogP contribution in [0.2, 0.25) is 0 Å². The Kier molecular flexibility index (Phi) is 4.67. The van der Waals surface area contributed by atoms with Crippen molar-refractivity contribution >= 4 is 22.5 Å². The first-order valence-electron chi connectivity index (χ1n) is 10.0. The lowest BCUT2D eigenvalue weighted by atomic mass is 10.00. The number of anilines is 1. The van der Waals surface area contributed by atoms with Gasteiger partial charge in [-0.15, -0.1) is 0 Å². The molecule has 1 aliphatic rings. The van der Waals surface area contributed by atoms with E-state index in [0.29, 0.717) is 0 Å². The molecule has 1 aliphatic heterocycles. The summed E-state index contributed by atoms with van der Waals surface area (Å²) in [6.07, 6.45) is 2.01. The van der Waals surface area contributed by atoms with Crippen molar-refractivity contribution in [2.75, 3.05) is 12.0 Å². The zero-order valence-electron chi connectivity index (χ0n) is 16.9. The van der Waals surface area contributed by atoms with E-state index < -0.39 is 0 Å². The minimum atomic E-state index is -0.322. The third-order valence-electron chi connectivity index (χ3n) is 5.70. The summed E-state index contributed by atoms with van der Waals surface area (Å²) in [6.45, 7) is 0. The quantitative estimate of drug-likeness (QED) is 0.546. The van der Waals surface area contributed by atoms with E-state index in [-0.39, 0.29) is 30.2 Å². The minimum Gasteiger partial charge on any atom is -0.497 e. The van der Waals surface area contributed by atoms with E-state index >= 15 is 0 Å². The number of rotatable bonds is 4. The fourth-order valence-electron chi connectivity index (χ4n) is 4.24. The molecule has 1 amide bonds. The summed E-state index contributed by atoms with van der Waals surface area (Å²) in [7, 11) is 1.61. The highest BCUT2D eigenvalue weighted by atomic mass is 19.1. The number of carbonyl (C=O) groups is 1. The topological polar surface area (TPSA) is 73.4 Å². The monoisotopic (exact) mass is 416 g/mol. The van der Waals surface area contributed by atoms with Gasteiger partial charge in [0, 0.05) is 23.5 Å². The van der Waals surface area contributed by atoms with Gasteiger partial charge < -0.3 is 15.4 Å². The zero-order valence-corrected chi connectivity index (χ0v) is 16.9. The number of fused-ring (bicyclic) bond motifs is 1. The van der Waals surface area contributed by atoms with Crippen molar-refractivity contribution in [2.24, 2.45) is 5.73 Å². The largest absolute Gasteiger partial charge is 0.497 e. The molecule has 3 aromatic carbocycles. The van der Waals surface area contributed by atoms with Crippen LogP contribution in [0.25, 0.3) is 16.6 Å². The van der Waals surface area contributed by atoms with Crippen molar-refractivity contribution in [3.05, 3.63) is 84.3 Å². The van der Waals surface area contributed by atoms with Crippen LogP contribution in [0, 0.1) is 5.82 Å². The van der Waals surface area contributed by atoms with Crippen molar-refractivity contribution in [1.82, 2.24) is 9.78 Å². The lowest BCUT2D eigenvalue weighted by molar-refractivity contribution is -0.117. The first-order chi connectivity index (χ1) is 15.0. The highest BCUT2D eigenvalue weighted by molar-refractivity contribution is 5.99. The molecule has 5 rings (SSSR count). The predicted octanol–water partition coefficient (Wildman–Crippen LogP) is 3.98. The van der Waals surface area contributed by atoms with Crippen LogP contribution >= 0.6 is 0 Å². The number of halogens is 1. The van der Waals surface area contributed by atoms with Crippen molar-refractivity contribution in [3.8, 4) is 11.4 Å². The van der Waals surface area contributed by atoms with E-state index in [1.807, 2.05) is 42.5 Å². The van der Waals surface area contributed by atoms with Gasteiger partial charge in [-0.1, -0.05) is 12.1 Å². The molecule has 2 N–H and O–H groups in total. The normalized spacial score (nSPS) is 18.7. The SMILES string of the molecule is COc1cccc(C2[C@@H](N)CC(=O)N2c2ccc3c(cnn3-c3ccc(F)cc3)c2)c1. The minimum absolute atomic E-state index is 0.0226. The molecule has 156 valence electrons. The summed E-state index contributed by atoms with van der Waals surface area (Å²) >= 11 is 0. The highest BCUT2D eigenvalue weighted by Gasteiger charge is 2.39. The molecule has 0 radical (unpaired) electrons. The van der Waals surface area contributed by atoms with Crippen LogP contribution in [-0.2, 0) is 4.79 Å². The molecule has 0 spiro atoms. The van der Waals surface area contributed by atoms with Crippen molar-refractivity contribution < 1.29 is 13.9 Å². The Morgan fingerprint density at radius 2 is 1.84 bits per heavy atom. The molecule has 0 saturated carbocycles. The molecule has 31 heavy (non-hydrogen) atoms. The van der Waals surface area contributed by atoms with Crippen LogP contribution in [0.4, 0.5) is 10.1 Å². The summed E-state index contributed by atoms with van der Waals surface area (Å²) in [5, 5.41) is 5.32. The first kappa shape index (κ1) is 19.3. The maximum Gasteiger partial charge on any atom is 0.229 e. The van der Waals surface area contributed by atoms with Crippen LogP contribution in [0.15, 0.2) is 72.9 Å². The summed E-state index contributed by atoms with van der Waals surface area (Å²) in [5.74, 6) is 0.403. The third kappa shape index (κ3) is 3.33. The zero-order chi connectivity index (χ0) is 21.5. The number of aromatic nitrogens is 2. The van der Waals surface area contributed by atoms with Crippen LogP contribution < -0.4 is 15.4 Å². The van der Waals surface area contributed by atoms with Gasteiger partial charge in [0.1, 0.15) is 11.6 Å². The van der Waals surface area contributed by atoms with Crippen LogP contribution in [0.5, 0.6) is 5.75 Å². The number of amides is 1. The van der Waals surface area contributed by atoms with Gasteiger partial charge in [-0.25, -0.2) is 9.07 Å². The molecule has 7 heteroatoms. The van der Waals surface area contributed by atoms with E-state index in [0.717, 1.165) is 33.6 Å². The number of nitrogens with zero attached hydrogens (tertiary/aromatic N) is 3. The Balaban J connectivity index is 1.55. The van der Waals surface area contributed by atoms with Crippen molar-refractivity contribution in [2.45, 2.75) is 18.5 Å². The van der Waals surface area contributed by atoms with Gasteiger partial charge in [0.2, 0.25) is 5.91 Å². The molecule has 1 unspecified atom stereocenters. The van der Waals surface area contributed by atoms with Gasteiger partial charge in [-0.2, -0.15) is 5.10 Å². The molecule has 6 nitrogen and oxygen atoms in total. The lowest BCUT2D eigenvalue weighted by Crippen LogP contribution is -2.33. The molecule has 1 fully saturated rings. The molecule has 0 aliphatic carbocycles. The molecule has 1 aromatic heterocycles. The van der Waals surface area contributed by atoms with Gasteiger partial charge >= 0.3 is 0 Å². The summed E-state index contributed by atoms with van der Waals surface area (Å²) in [6, 6.07) is 19.0. The maximum absolute atomic E-state index is 13.3. The molecule has 2 atom stereocenters. The Bertz CT molecular complexity index is 1270. The third-order valence-corrected chi connectivity index (χ3v) is 5.70. The second-order valence-corrected chi connectivity index (χ2v) is 7.63. The Hall–Kier alpha value is -3.71. The molecule has 1 saturated heterocycles. The van der Waals surface area contributed by atoms with Gasteiger partial charge in [0.15, 0.2) is 0 Å². The van der Waals surface area contributed by atoms with Gasteiger partial charge in [-0.3, -0.25) is 4.79 Å². The van der Waals surface area contributed by atoms with Crippen LogP contribution in [0.3, 0.4) is 0 Å². The first-order valence-corrected chi connectivity index (χ1v) is 10.0. The number of carbonyl (C=O) groups excluding carboxylic acids is 1. The summed E-state index contributed by atoms with van der Waals surface area (Å²) in [5.41, 5.74) is 9.69. The van der Waals surface area contributed by atoms with Crippen LogP contribution in [-0.4, -0.2) is 28.8 Å². The van der Waals surface area contributed by atoms with E-state index in [2.05, 4.69) is 5.10 Å². The number of benzene rings is 3. The number of methoxy groups -OCH3 is 1. The average Bonchev–Trinajstić information content (AvgIpc) is 3.33. The van der Waals surface area contributed by atoms with E-state index in [4.69, 9.17) is 10.5 Å². The molecule has 0 bridgehead atoms. The van der Waals surface area contributed by atoms with E-state index in [9.17, 15) is 9.18 Å². The Labute approximate surface area is 178 Å². The average molecular weight is 416 g/mol. The molecular formula is C24H21FN4O2. The van der Waals surface area contributed by atoms with Crippen molar-refractivity contribution in [3.63, 3.8) is 0 Å². The predicted molar refractivity (Wildman–Crippen MR) is 117 cm³/mol.